The van der Waals surface area contributed by atoms with Gasteiger partial charge in [0.15, 0.2) is 0 Å². The third kappa shape index (κ3) is 5.17. The summed E-state index contributed by atoms with van der Waals surface area (Å²) in [4.78, 5) is 10.6. The summed E-state index contributed by atoms with van der Waals surface area (Å²) in [5.74, 6) is 2.28. The molecule has 0 saturated heterocycles. The van der Waals surface area contributed by atoms with Crippen LogP contribution in [0.5, 0.6) is 0 Å². The average molecular weight is 140 g/mol. The number of hydrogen-bond donors (Lipinski definition) is 0. The van der Waals surface area contributed by atoms with Gasteiger partial charge in [0, 0.05) is 0 Å². The Kier molecular flexibility index (Phi) is 4.39. The maximum atomic E-state index is 10.6. The Morgan fingerprint density at radius 1 is 1.70 bits per heavy atom. The van der Waals surface area contributed by atoms with Gasteiger partial charge in [0.25, 0.3) is 0 Å². The minimum absolute atomic E-state index is 0.0761. The highest BCUT2D eigenvalue weighted by Gasteiger charge is 2.00. The lowest BCUT2D eigenvalue weighted by atomic mass is 10.2. The van der Waals surface area contributed by atoms with Gasteiger partial charge in [-0.3, -0.25) is 4.79 Å². The molecule has 0 amide bonds. The Labute approximate surface area is 61.6 Å². The summed E-state index contributed by atoms with van der Waals surface area (Å²) < 4.78 is 4.76. The van der Waals surface area contributed by atoms with Crippen LogP contribution in [0.15, 0.2) is 0 Å². The summed E-state index contributed by atoms with van der Waals surface area (Å²) >= 11 is 0. The first-order chi connectivity index (χ1) is 4.66. The van der Waals surface area contributed by atoms with Crippen LogP contribution in [0, 0.1) is 18.3 Å². The van der Waals surface area contributed by atoms with Crippen molar-refractivity contribution in [3.05, 3.63) is 0 Å². The summed E-state index contributed by atoms with van der Waals surface area (Å²) in [7, 11) is 0. The summed E-state index contributed by atoms with van der Waals surface area (Å²) in [5.41, 5.74) is 0. The lowest BCUT2D eigenvalue weighted by molar-refractivity contribution is -0.143. The van der Waals surface area contributed by atoms with Crippen LogP contribution in [0.1, 0.15) is 20.3 Å². The second-order valence-electron chi connectivity index (χ2n) is 2.46. The highest BCUT2D eigenvalue weighted by atomic mass is 16.5. The van der Waals surface area contributed by atoms with Crippen LogP contribution in [0.3, 0.4) is 0 Å². The van der Waals surface area contributed by atoms with E-state index >= 15 is 0 Å². The molecule has 10 heavy (non-hydrogen) atoms. The van der Waals surface area contributed by atoms with Crippen LogP contribution in [-0.4, -0.2) is 12.6 Å². The Balaban J connectivity index is 3.33. The van der Waals surface area contributed by atoms with E-state index in [1.54, 1.807) is 0 Å². The number of esters is 1. The molecule has 0 aromatic rings. The average Bonchev–Trinajstić information content (AvgIpc) is 1.85. The monoisotopic (exact) mass is 140 g/mol. The molecule has 0 saturated carbocycles. The van der Waals surface area contributed by atoms with Gasteiger partial charge in [-0.2, -0.15) is 0 Å². The van der Waals surface area contributed by atoms with Gasteiger partial charge >= 0.3 is 5.97 Å². The minimum Gasteiger partial charge on any atom is -0.465 e. The summed E-state index contributed by atoms with van der Waals surface area (Å²) in [5, 5.41) is 0. The molecule has 0 bridgehead atoms. The molecule has 0 aromatic heterocycles. The SMILES string of the molecule is C#CCC(=O)OCC(C)C. The van der Waals surface area contributed by atoms with Gasteiger partial charge < -0.3 is 4.74 Å². The Bertz CT molecular complexity index is 142. The van der Waals surface area contributed by atoms with Gasteiger partial charge in [-0.05, 0) is 5.92 Å². The van der Waals surface area contributed by atoms with E-state index in [1.165, 1.54) is 0 Å². The normalized spacial score (nSPS) is 9.00. The molecule has 0 aliphatic carbocycles. The fourth-order valence-electron chi connectivity index (χ4n) is 0.394. The van der Waals surface area contributed by atoms with Crippen molar-refractivity contribution < 1.29 is 9.53 Å². The van der Waals surface area contributed by atoms with Crippen LogP contribution in [-0.2, 0) is 9.53 Å². The number of carbonyl (C=O) groups excluding carboxylic acids is 1. The fourth-order valence-corrected chi connectivity index (χ4v) is 0.394. The third-order valence-corrected chi connectivity index (χ3v) is 0.824. The fraction of sp³-hybridized carbons (Fsp3) is 0.625. The molecule has 0 N–H and O–H groups in total. The molecule has 0 unspecified atom stereocenters. The van der Waals surface area contributed by atoms with Crippen molar-refractivity contribution in [2.75, 3.05) is 6.61 Å². The number of rotatable bonds is 3. The predicted octanol–water partition coefficient (Wildman–Crippen LogP) is 1.21. The second kappa shape index (κ2) is 4.87. The van der Waals surface area contributed by atoms with Crippen LogP contribution >= 0.6 is 0 Å². The molecule has 0 rings (SSSR count). The van der Waals surface area contributed by atoms with E-state index in [0.717, 1.165) is 0 Å². The van der Waals surface area contributed by atoms with Gasteiger partial charge in [0.2, 0.25) is 0 Å². The summed E-state index contributed by atoms with van der Waals surface area (Å²) in [6.45, 7) is 4.41. The van der Waals surface area contributed by atoms with Crippen LogP contribution < -0.4 is 0 Å². The van der Waals surface area contributed by atoms with Gasteiger partial charge in [0.1, 0.15) is 6.42 Å². The van der Waals surface area contributed by atoms with Crippen molar-refractivity contribution in [2.24, 2.45) is 5.92 Å². The van der Waals surface area contributed by atoms with E-state index in [0.29, 0.717) is 12.5 Å². The smallest absolute Gasteiger partial charge is 0.317 e. The first kappa shape index (κ1) is 9.03. The molecule has 0 spiro atoms. The standard InChI is InChI=1S/C8H12O2/c1-4-5-8(9)10-6-7(2)3/h1,7H,5-6H2,2-3H3. The van der Waals surface area contributed by atoms with Crippen molar-refractivity contribution >= 4 is 5.97 Å². The molecule has 2 nitrogen and oxygen atoms in total. The van der Waals surface area contributed by atoms with Gasteiger partial charge in [-0.25, -0.2) is 0 Å². The quantitative estimate of drug-likeness (QED) is 0.435. The van der Waals surface area contributed by atoms with Crippen molar-refractivity contribution in [3.8, 4) is 12.3 Å². The van der Waals surface area contributed by atoms with E-state index < -0.39 is 0 Å². The Morgan fingerprint density at radius 3 is 2.70 bits per heavy atom. The lowest BCUT2D eigenvalue weighted by Gasteiger charge is -2.04. The van der Waals surface area contributed by atoms with Gasteiger partial charge in [-0.15, -0.1) is 6.42 Å². The molecule has 0 heterocycles. The van der Waals surface area contributed by atoms with Gasteiger partial charge in [-0.1, -0.05) is 19.8 Å². The molecule has 0 atom stereocenters. The first-order valence-corrected chi connectivity index (χ1v) is 3.26. The highest BCUT2D eigenvalue weighted by molar-refractivity contribution is 5.72. The molecule has 0 radical (unpaired) electrons. The molecule has 0 aliphatic rings. The zero-order valence-electron chi connectivity index (χ0n) is 6.39. The Morgan fingerprint density at radius 2 is 2.30 bits per heavy atom. The van der Waals surface area contributed by atoms with E-state index in [2.05, 4.69) is 5.92 Å². The van der Waals surface area contributed by atoms with Crippen molar-refractivity contribution in [1.29, 1.82) is 0 Å². The van der Waals surface area contributed by atoms with E-state index in [4.69, 9.17) is 11.2 Å². The van der Waals surface area contributed by atoms with Crippen molar-refractivity contribution in [3.63, 3.8) is 0 Å². The molecule has 0 aromatic carbocycles. The molecular weight excluding hydrogens is 128 g/mol. The Hall–Kier alpha value is -0.970. The van der Waals surface area contributed by atoms with Gasteiger partial charge in [0.05, 0.1) is 6.61 Å². The minimum atomic E-state index is -0.309. The second-order valence-corrected chi connectivity index (χ2v) is 2.46. The van der Waals surface area contributed by atoms with Crippen LogP contribution in [0.25, 0.3) is 0 Å². The van der Waals surface area contributed by atoms with Crippen LogP contribution in [0.2, 0.25) is 0 Å². The molecule has 2 heteroatoms. The zero-order valence-corrected chi connectivity index (χ0v) is 6.39. The number of hydrogen-bond acceptors (Lipinski definition) is 2. The molecule has 0 fully saturated rings. The topological polar surface area (TPSA) is 26.3 Å². The number of carbonyl (C=O) groups is 1. The predicted molar refractivity (Wildman–Crippen MR) is 39.2 cm³/mol. The number of terminal acetylenes is 1. The maximum absolute atomic E-state index is 10.6. The third-order valence-electron chi connectivity index (χ3n) is 0.824. The number of ether oxygens (including phenoxy) is 1. The van der Waals surface area contributed by atoms with E-state index in [1.807, 2.05) is 13.8 Å². The molecular formula is C8H12O2. The summed E-state index contributed by atoms with van der Waals surface area (Å²) in [6, 6.07) is 0. The van der Waals surface area contributed by atoms with E-state index in [-0.39, 0.29) is 12.4 Å². The largest absolute Gasteiger partial charge is 0.465 e. The first-order valence-electron chi connectivity index (χ1n) is 3.26. The lowest BCUT2D eigenvalue weighted by Crippen LogP contribution is -2.08. The van der Waals surface area contributed by atoms with Crippen molar-refractivity contribution in [1.82, 2.24) is 0 Å². The van der Waals surface area contributed by atoms with Crippen LogP contribution in [0.4, 0.5) is 0 Å². The summed E-state index contributed by atoms with van der Waals surface area (Å²) in [6.07, 6.45) is 4.96. The molecule has 56 valence electrons. The maximum Gasteiger partial charge on any atom is 0.317 e. The zero-order chi connectivity index (χ0) is 7.98. The molecule has 0 aliphatic heterocycles. The highest BCUT2D eigenvalue weighted by Crippen LogP contribution is 1.93. The van der Waals surface area contributed by atoms with Crippen molar-refractivity contribution in [2.45, 2.75) is 20.3 Å². The van der Waals surface area contributed by atoms with E-state index in [9.17, 15) is 4.79 Å².